The SMILES string of the molecule is CCCCC/C=C/c1cccs1. The summed E-state index contributed by atoms with van der Waals surface area (Å²) < 4.78 is 0. The Labute approximate surface area is 78.9 Å². The van der Waals surface area contributed by atoms with E-state index in [2.05, 4.69) is 36.6 Å². The van der Waals surface area contributed by atoms with Crippen LogP contribution in [-0.4, -0.2) is 0 Å². The molecular formula is C11H16S. The Morgan fingerprint density at radius 1 is 1.42 bits per heavy atom. The molecule has 0 fully saturated rings. The third-order valence-corrected chi connectivity index (χ3v) is 2.64. The fourth-order valence-electron chi connectivity index (χ4n) is 1.10. The van der Waals surface area contributed by atoms with Gasteiger partial charge in [-0.25, -0.2) is 0 Å². The largest absolute Gasteiger partial charge is 0.144 e. The Hall–Kier alpha value is -0.560. The van der Waals surface area contributed by atoms with Crippen molar-refractivity contribution in [3.05, 3.63) is 28.5 Å². The van der Waals surface area contributed by atoms with Crippen molar-refractivity contribution in [3.63, 3.8) is 0 Å². The molecule has 66 valence electrons. The van der Waals surface area contributed by atoms with E-state index >= 15 is 0 Å². The molecule has 1 heteroatoms. The standard InChI is InChI=1S/C11H16S/c1-2-3-4-5-6-8-11-9-7-10-12-11/h6-10H,2-5H2,1H3/b8-6+. The van der Waals surface area contributed by atoms with Gasteiger partial charge >= 0.3 is 0 Å². The second-order valence-corrected chi connectivity index (χ2v) is 3.89. The molecule has 12 heavy (non-hydrogen) atoms. The highest BCUT2D eigenvalue weighted by Crippen LogP contribution is 2.11. The van der Waals surface area contributed by atoms with Gasteiger partial charge in [0.15, 0.2) is 0 Å². The maximum atomic E-state index is 2.28. The van der Waals surface area contributed by atoms with E-state index in [-0.39, 0.29) is 0 Å². The van der Waals surface area contributed by atoms with E-state index in [9.17, 15) is 0 Å². The molecule has 0 saturated heterocycles. The quantitative estimate of drug-likeness (QED) is 0.591. The van der Waals surface area contributed by atoms with Crippen molar-refractivity contribution in [2.75, 3.05) is 0 Å². The number of rotatable bonds is 5. The lowest BCUT2D eigenvalue weighted by molar-refractivity contribution is 0.730. The fraction of sp³-hybridized carbons (Fsp3) is 0.455. The zero-order valence-corrected chi connectivity index (χ0v) is 8.44. The molecule has 0 saturated carbocycles. The van der Waals surface area contributed by atoms with Gasteiger partial charge in [0.1, 0.15) is 0 Å². The minimum absolute atomic E-state index is 1.23. The van der Waals surface area contributed by atoms with E-state index in [1.165, 1.54) is 30.6 Å². The maximum Gasteiger partial charge on any atom is 0.0267 e. The van der Waals surface area contributed by atoms with Crippen LogP contribution in [-0.2, 0) is 0 Å². The summed E-state index contributed by atoms with van der Waals surface area (Å²) in [6, 6.07) is 4.25. The average molecular weight is 180 g/mol. The van der Waals surface area contributed by atoms with Gasteiger partial charge < -0.3 is 0 Å². The van der Waals surface area contributed by atoms with Crippen molar-refractivity contribution >= 4 is 17.4 Å². The van der Waals surface area contributed by atoms with Crippen molar-refractivity contribution in [3.8, 4) is 0 Å². The van der Waals surface area contributed by atoms with Crippen LogP contribution in [0.1, 0.15) is 37.5 Å². The van der Waals surface area contributed by atoms with Crippen LogP contribution in [0.25, 0.3) is 6.08 Å². The summed E-state index contributed by atoms with van der Waals surface area (Å²) in [6.45, 7) is 2.24. The number of unbranched alkanes of at least 4 members (excludes halogenated alkanes) is 3. The van der Waals surface area contributed by atoms with E-state index in [4.69, 9.17) is 0 Å². The molecule has 0 bridgehead atoms. The summed E-state index contributed by atoms with van der Waals surface area (Å²) in [5.41, 5.74) is 0. The van der Waals surface area contributed by atoms with Gasteiger partial charge in [-0.2, -0.15) is 0 Å². The minimum atomic E-state index is 1.23. The monoisotopic (exact) mass is 180 g/mol. The summed E-state index contributed by atoms with van der Waals surface area (Å²) in [6.07, 6.45) is 9.73. The van der Waals surface area contributed by atoms with E-state index < -0.39 is 0 Å². The van der Waals surface area contributed by atoms with Crippen molar-refractivity contribution in [2.45, 2.75) is 32.6 Å². The van der Waals surface area contributed by atoms with E-state index in [0.717, 1.165) is 0 Å². The predicted molar refractivity (Wildman–Crippen MR) is 57.5 cm³/mol. The lowest BCUT2D eigenvalue weighted by atomic mass is 10.2. The highest BCUT2D eigenvalue weighted by Gasteiger charge is 1.85. The van der Waals surface area contributed by atoms with E-state index in [1.807, 2.05) is 0 Å². The minimum Gasteiger partial charge on any atom is -0.144 e. The first kappa shape index (κ1) is 9.53. The molecule has 0 spiro atoms. The van der Waals surface area contributed by atoms with Crippen LogP contribution >= 0.6 is 11.3 Å². The van der Waals surface area contributed by atoms with Gasteiger partial charge in [0.2, 0.25) is 0 Å². The van der Waals surface area contributed by atoms with Crippen molar-refractivity contribution in [1.29, 1.82) is 0 Å². The van der Waals surface area contributed by atoms with Crippen molar-refractivity contribution in [1.82, 2.24) is 0 Å². The van der Waals surface area contributed by atoms with Crippen LogP contribution < -0.4 is 0 Å². The first-order valence-electron chi connectivity index (χ1n) is 4.63. The summed E-state index contributed by atoms with van der Waals surface area (Å²) in [5, 5.41) is 2.12. The zero-order chi connectivity index (χ0) is 8.65. The van der Waals surface area contributed by atoms with Gasteiger partial charge in [0.25, 0.3) is 0 Å². The van der Waals surface area contributed by atoms with Crippen LogP contribution in [0.2, 0.25) is 0 Å². The van der Waals surface area contributed by atoms with Gasteiger partial charge in [0.05, 0.1) is 0 Å². The Morgan fingerprint density at radius 2 is 2.33 bits per heavy atom. The van der Waals surface area contributed by atoms with Gasteiger partial charge in [0, 0.05) is 4.88 Å². The van der Waals surface area contributed by atoms with Gasteiger partial charge in [-0.3, -0.25) is 0 Å². The Kier molecular flexibility index (Phi) is 4.77. The van der Waals surface area contributed by atoms with Crippen LogP contribution in [0.5, 0.6) is 0 Å². The molecule has 1 rings (SSSR count). The fourth-order valence-corrected chi connectivity index (χ4v) is 1.74. The lowest BCUT2D eigenvalue weighted by Gasteiger charge is -1.90. The molecule has 0 aliphatic heterocycles. The number of thiophene rings is 1. The highest BCUT2D eigenvalue weighted by atomic mass is 32.1. The molecule has 0 aromatic carbocycles. The molecule has 0 atom stereocenters. The Morgan fingerprint density at radius 3 is 3.00 bits per heavy atom. The van der Waals surface area contributed by atoms with E-state index in [0.29, 0.717) is 0 Å². The highest BCUT2D eigenvalue weighted by molar-refractivity contribution is 7.10. The molecule has 0 radical (unpaired) electrons. The molecule has 0 aliphatic carbocycles. The van der Waals surface area contributed by atoms with Crippen molar-refractivity contribution < 1.29 is 0 Å². The smallest absolute Gasteiger partial charge is 0.0267 e. The average Bonchev–Trinajstić information content (AvgIpc) is 2.57. The first-order valence-corrected chi connectivity index (χ1v) is 5.51. The normalized spacial score (nSPS) is 11.1. The summed E-state index contributed by atoms with van der Waals surface area (Å²) in [4.78, 5) is 1.37. The predicted octanol–water partition coefficient (Wildman–Crippen LogP) is 4.34. The molecule has 0 nitrogen and oxygen atoms in total. The van der Waals surface area contributed by atoms with Gasteiger partial charge in [-0.1, -0.05) is 31.9 Å². The molecule has 0 unspecified atom stereocenters. The zero-order valence-electron chi connectivity index (χ0n) is 7.62. The second kappa shape index (κ2) is 6.01. The number of hydrogen-bond donors (Lipinski definition) is 0. The van der Waals surface area contributed by atoms with Gasteiger partial charge in [-0.05, 0) is 30.4 Å². The number of hydrogen-bond acceptors (Lipinski definition) is 1. The molecule has 1 aromatic heterocycles. The van der Waals surface area contributed by atoms with Crippen LogP contribution in [0.15, 0.2) is 23.6 Å². The molecule has 1 heterocycles. The summed E-state index contributed by atoms with van der Waals surface area (Å²) in [7, 11) is 0. The maximum absolute atomic E-state index is 2.28. The van der Waals surface area contributed by atoms with E-state index in [1.54, 1.807) is 11.3 Å². The molecule has 1 aromatic rings. The molecule has 0 aliphatic rings. The Bertz CT molecular complexity index is 209. The molecule has 0 amide bonds. The van der Waals surface area contributed by atoms with Crippen molar-refractivity contribution in [2.24, 2.45) is 0 Å². The number of allylic oxidation sites excluding steroid dienone is 1. The summed E-state index contributed by atoms with van der Waals surface area (Å²) in [5.74, 6) is 0. The third kappa shape index (κ3) is 3.72. The topological polar surface area (TPSA) is 0 Å². The van der Waals surface area contributed by atoms with Crippen LogP contribution in [0.4, 0.5) is 0 Å². The summed E-state index contributed by atoms with van der Waals surface area (Å²) >= 11 is 1.80. The third-order valence-electron chi connectivity index (χ3n) is 1.80. The first-order chi connectivity index (χ1) is 5.93. The van der Waals surface area contributed by atoms with Crippen LogP contribution in [0, 0.1) is 0 Å². The second-order valence-electron chi connectivity index (χ2n) is 2.91. The lowest BCUT2D eigenvalue weighted by Crippen LogP contribution is -1.69. The Balaban J connectivity index is 2.14. The van der Waals surface area contributed by atoms with Crippen LogP contribution in [0.3, 0.4) is 0 Å². The molecule has 0 N–H and O–H groups in total. The molecular weight excluding hydrogens is 164 g/mol. The van der Waals surface area contributed by atoms with Gasteiger partial charge in [-0.15, -0.1) is 11.3 Å².